The number of nitrogens with one attached hydrogen (secondary N) is 6. The van der Waals surface area contributed by atoms with E-state index >= 15 is 0 Å². The summed E-state index contributed by atoms with van der Waals surface area (Å²) in [6, 6.07) is 3.16. The fourth-order valence-corrected chi connectivity index (χ4v) is 5.49. The third-order valence-corrected chi connectivity index (χ3v) is 8.29. The molecule has 0 spiro atoms. The van der Waals surface area contributed by atoms with Crippen LogP contribution in [0.15, 0.2) is 47.5 Å². The van der Waals surface area contributed by atoms with Crippen LogP contribution in [0.25, 0.3) is 0 Å². The number of rotatable bonds is 16. The molecule has 0 bridgehead atoms. The zero-order valence-electron chi connectivity index (χ0n) is 29.5. The van der Waals surface area contributed by atoms with Crippen molar-refractivity contribution in [3.05, 3.63) is 48.0 Å². The number of carbonyl (C=O) groups excluding carboxylic acids is 8. The Morgan fingerprint density at radius 1 is 0.778 bits per heavy atom. The van der Waals surface area contributed by atoms with Crippen molar-refractivity contribution in [3.8, 4) is 0 Å². The summed E-state index contributed by atoms with van der Waals surface area (Å²) in [7, 11) is 0. The minimum absolute atomic E-state index is 0.0195. The minimum Gasteiger partial charge on any atom is -0.481 e. The molecule has 54 heavy (non-hydrogen) atoms. The maximum absolute atomic E-state index is 13.8. The monoisotopic (exact) mass is 754 g/mol. The smallest absolute Gasteiger partial charge is 0.305 e. The van der Waals surface area contributed by atoms with Gasteiger partial charge in [0.15, 0.2) is 5.96 Å². The molecule has 4 atom stereocenters. The molecule has 1 aromatic carbocycles. The largest absolute Gasteiger partial charge is 0.481 e. The van der Waals surface area contributed by atoms with Gasteiger partial charge in [0, 0.05) is 44.6 Å². The lowest BCUT2D eigenvalue weighted by atomic mass is 10.0. The van der Waals surface area contributed by atoms with Crippen LogP contribution in [0, 0.1) is 0 Å². The van der Waals surface area contributed by atoms with Crippen molar-refractivity contribution < 1.29 is 48.3 Å². The molecule has 292 valence electrons. The third kappa shape index (κ3) is 14.4. The Labute approximate surface area is 310 Å². The van der Waals surface area contributed by atoms with Crippen LogP contribution in [0.2, 0.25) is 0 Å². The quantitative estimate of drug-likeness (QED) is 0.0343. The van der Waals surface area contributed by atoms with Crippen LogP contribution in [0.4, 0.5) is 0 Å². The van der Waals surface area contributed by atoms with Crippen LogP contribution >= 0.6 is 0 Å². The van der Waals surface area contributed by atoms with Gasteiger partial charge in [-0.25, -0.2) is 0 Å². The Bertz CT molecular complexity index is 1610. The molecule has 2 aliphatic rings. The Balaban J connectivity index is 1.80. The highest BCUT2D eigenvalue weighted by atomic mass is 16.4. The molecule has 2 unspecified atom stereocenters. The van der Waals surface area contributed by atoms with E-state index in [0.29, 0.717) is 12.0 Å². The Morgan fingerprint density at radius 2 is 1.37 bits per heavy atom. The van der Waals surface area contributed by atoms with Gasteiger partial charge in [-0.15, -0.1) is 0 Å². The molecule has 0 aromatic heterocycles. The van der Waals surface area contributed by atoms with Gasteiger partial charge in [-0.2, -0.15) is 0 Å². The molecule has 0 radical (unpaired) electrons. The second-order valence-electron chi connectivity index (χ2n) is 12.5. The Morgan fingerprint density at radius 3 is 2.02 bits per heavy atom. The number of carbonyl (C=O) groups is 9. The highest BCUT2D eigenvalue weighted by Gasteiger charge is 2.33. The molecule has 20 nitrogen and oxygen atoms in total. The average molecular weight is 755 g/mol. The standard InChI is InChI=1S/C34H46N10O10/c35-34(36)38-15-6-10-21-30(51)39-19-26(46)40-24(18-29(49)50)33(54)43-23(17-20-7-2-1-3-8-20)32(53)42-22(31(52)41-21)9-4-5-14-37-25(45)13-16-44-27(47)11-12-28(44)48/h1-3,7-8,11-12,21-24H,4-6,9-10,13-19H2,(H,37,45)(H,39,51)(H,40,46)(H,41,52)(H,42,53)(H,43,54)(H,49,50)(H4,35,36,38)/t21?,22?,23-,24+/m1/s1. The number of hydrogen-bond donors (Lipinski definition) is 9. The van der Waals surface area contributed by atoms with E-state index in [2.05, 4.69) is 36.9 Å². The number of carboxylic acid groups (broad SMARTS) is 1. The fraction of sp³-hybridized carbons (Fsp3) is 0.471. The lowest BCUT2D eigenvalue weighted by Crippen LogP contribution is -2.58. The minimum atomic E-state index is -1.61. The SMILES string of the molecule is NC(N)=NCCCC1NC(=O)C(CCCCNC(=O)CCN2C(=O)C=CC2=O)NC(=O)[C@@H](Cc2ccccc2)NC(=O)[C@H](CC(=O)O)NC(=O)CNC1=O. The maximum Gasteiger partial charge on any atom is 0.305 e. The number of hydrogen-bond acceptors (Lipinski definition) is 10. The van der Waals surface area contributed by atoms with Gasteiger partial charge in [-0.05, 0) is 37.7 Å². The summed E-state index contributed by atoms with van der Waals surface area (Å²) in [6.45, 7) is -0.477. The van der Waals surface area contributed by atoms with E-state index in [4.69, 9.17) is 11.5 Å². The number of amides is 8. The number of carboxylic acids is 1. The summed E-state index contributed by atoms with van der Waals surface area (Å²) in [5, 5.41) is 24.6. The topological polar surface area (TPSA) is 314 Å². The Kier molecular flexibility index (Phi) is 16.6. The average Bonchev–Trinajstić information content (AvgIpc) is 3.44. The lowest BCUT2D eigenvalue weighted by Gasteiger charge is -2.26. The predicted octanol–water partition coefficient (Wildman–Crippen LogP) is -3.57. The highest BCUT2D eigenvalue weighted by Crippen LogP contribution is 2.10. The lowest BCUT2D eigenvalue weighted by molar-refractivity contribution is -0.141. The summed E-state index contributed by atoms with van der Waals surface area (Å²) in [4.78, 5) is 119. The molecule has 0 aliphatic carbocycles. The summed E-state index contributed by atoms with van der Waals surface area (Å²) in [5.74, 6) is -7.22. The van der Waals surface area contributed by atoms with Gasteiger partial charge in [0.25, 0.3) is 11.8 Å². The van der Waals surface area contributed by atoms with E-state index in [1.54, 1.807) is 30.3 Å². The first-order valence-corrected chi connectivity index (χ1v) is 17.3. The van der Waals surface area contributed by atoms with Gasteiger partial charge < -0.3 is 48.5 Å². The van der Waals surface area contributed by atoms with Crippen LogP contribution in [-0.4, -0.2) is 120 Å². The molecular formula is C34H46N10O10. The van der Waals surface area contributed by atoms with Gasteiger partial charge in [0.1, 0.15) is 24.2 Å². The van der Waals surface area contributed by atoms with Gasteiger partial charge >= 0.3 is 5.97 Å². The van der Waals surface area contributed by atoms with E-state index in [-0.39, 0.29) is 64.1 Å². The second-order valence-corrected chi connectivity index (χ2v) is 12.5. The van der Waals surface area contributed by atoms with Crippen LogP contribution < -0.4 is 43.4 Å². The van der Waals surface area contributed by atoms with Gasteiger partial charge in [-0.1, -0.05) is 30.3 Å². The van der Waals surface area contributed by atoms with Crippen LogP contribution in [0.5, 0.6) is 0 Å². The second kappa shape index (κ2) is 21.2. The Hall–Kier alpha value is -6.34. The number of guanidine groups is 1. The number of aliphatic carboxylic acids is 1. The molecule has 2 heterocycles. The molecule has 3 rings (SSSR count). The van der Waals surface area contributed by atoms with E-state index in [0.717, 1.165) is 17.1 Å². The van der Waals surface area contributed by atoms with Crippen molar-refractivity contribution in [2.45, 2.75) is 75.5 Å². The molecule has 1 aromatic rings. The van der Waals surface area contributed by atoms with Crippen LogP contribution in [0.1, 0.15) is 50.5 Å². The molecule has 2 aliphatic heterocycles. The summed E-state index contributed by atoms with van der Waals surface area (Å²) >= 11 is 0. The molecule has 8 amide bonds. The van der Waals surface area contributed by atoms with Crippen LogP contribution in [-0.2, 0) is 49.6 Å². The zero-order chi connectivity index (χ0) is 39.6. The van der Waals surface area contributed by atoms with Crippen molar-refractivity contribution in [1.29, 1.82) is 0 Å². The van der Waals surface area contributed by atoms with Crippen molar-refractivity contribution >= 4 is 59.2 Å². The van der Waals surface area contributed by atoms with E-state index in [1.165, 1.54) is 0 Å². The zero-order valence-corrected chi connectivity index (χ0v) is 29.5. The van der Waals surface area contributed by atoms with E-state index < -0.39 is 90.4 Å². The van der Waals surface area contributed by atoms with E-state index in [9.17, 15) is 48.3 Å². The number of unbranched alkanes of at least 4 members (excludes halogenated alkanes) is 1. The first-order valence-electron chi connectivity index (χ1n) is 17.3. The first kappa shape index (κ1) is 42.1. The summed E-state index contributed by atoms with van der Waals surface area (Å²) < 4.78 is 0. The number of benzene rings is 1. The molecule has 11 N–H and O–H groups in total. The van der Waals surface area contributed by atoms with Crippen molar-refractivity contribution in [2.75, 3.05) is 26.2 Å². The van der Waals surface area contributed by atoms with Crippen molar-refractivity contribution in [2.24, 2.45) is 16.5 Å². The van der Waals surface area contributed by atoms with Gasteiger partial charge in [0.05, 0.1) is 13.0 Å². The number of aliphatic imine (C=N–C) groups is 1. The van der Waals surface area contributed by atoms with Crippen molar-refractivity contribution in [3.63, 3.8) is 0 Å². The molecule has 0 saturated carbocycles. The fourth-order valence-electron chi connectivity index (χ4n) is 5.49. The molecule has 1 fully saturated rings. The number of nitrogens with two attached hydrogens (primary N) is 2. The molecule has 20 heteroatoms. The number of nitrogens with zero attached hydrogens (tertiary/aromatic N) is 2. The normalized spacial score (nSPS) is 21.1. The highest BCUT2D eigenvalue weighted by molar-refractivity contribution is 6.13. The molecule has 1 saturated heterocycles. The van der Waals surface area contributed by atoms with E-state index in [1.807, 2.05) is 0 Å². The maximum atomic E-state index is 13.8. The van der Waals surface area contributed by atoms with Gasteiger partial charge in [0.2, 0.25) is 35.4 Å². The summed E-state index contributed by atoms with van der Waals surface area (Å²) in [6.07, 6.45) is 2.12. The van der Waals surface area contributed by atoms with Crippen molar-refractivity contribution in [1.82, 2.24) is 36.8 Å². The first-order chi connectivity index (χ1) is 25.7. The predicted molar refractivity (Wildman–Crippen MR) is 190 cm³/mol. The van der Waals surface area contributed by atoms with Crippen LogP contribution in [0.3, 0.4) is 0 Å². The molecular weight excluding hydrogens is 708 g/mol. The number of imide groups is 1. The van der Waals surface area contributed by atoms with Gasteiger partial charge in [-0.3, -0.25) is 53.0 Å². The summed E-state index contributed by atoms with van der Waals surface area (Å²) in [5.41, 5.74) is 11.4. The third-order valence-electron chi connectivity index (χ3n) is 8.29.